The van der Waals surface area contributed by atoms with E-state index in [0.717, 1.165) is 0 Å². The summed E-state index contributed by atoms with van der Waals surface area (Å²) in [4.78, 5) is 0. The third-order valence-electron chi connectivity index (χ3n) is 3.06. The Bertz CT molecular complexity index is 407. The zero-order valence-corrected chi connectivity index (χ0v) is 17.6. The van der Waals surface area contributed by atoms with E-state index in [-0.39, 0.29) is 24.8 Å². The summed E-state index contributed by atoms with van der Waals surface area (Å²) >= 11 is 0. The van der Waals surface area contributed by atoms with Gasteiger partial charge in [0.25, 0.3) is 0 Å². The largest absolute Gasteiger partial charge is 1.00 e. The predicted octanol–water partition coefficient (Wildman–Crippen LogP) is -2.58. The molecular weight excluding hydrogens is 327 g/mol. The van der Waals surface area contributed by atoms with Crippen LogP contribution in [0.3, 0.4) is 0 Å². The Kier molecular flexibility index (Phi) is 6.77. The Morgan fingerprint density at radius 3 is 1.20 bits per heavy atom. The molecule has 4 heteroatoms. The monoisotopic (exact) mass is 358 g/mol. The lowest BCUT2D eigenvalue weighted by Gasteiger charge is -2.60. The molecule has 0 aliphatic heterocycles. The SMILES string of the molecule is Cc1ccc(C([S+](C)(C)(C)C)[S+](C)(C)(C)C)cc1.[Cl-].[Cl-]. The minimum absolute atomic E-state index is 0. The van der Waals surface area contributed by atoms with E-state index in [0.29, 0.717) is 4.58 Å². The van der Waals surface area contributed by atoms with Crippen LogP contribution >= 0.6 is 0 Å². The molecule has 0 atom stereocenters. The molecule has 0 nitrogen and oxygen atoms in total. The molecule has 0 bridgehead atoms. The lowest BCUT2D eigenvalue weighted by molar-refractivity contribution is -0.001000. The topological polar surface area (TPSA) is 0 Å². The highest BCUT2D eigenvalue weighted by atomic mass is 35.5. The lowest BCUT2D eigenvalue weighted by Crippen LogP contribution is -3.00. The fraction of sp³-hybridized carbons (Fsp3) is 0.625. The molecule has 0 aliphatic carbocycles. The molecule has 0 aromatic heterocycles. The maximum atomic E-state index is 2.50. The number of aryl methyl sites for hydroxylation is 1. The van der Waals surface area contributed by atoms with Crippen molar-refractivity contribution in [3.8, 4) is 0 Å². The van der Waals surface area contributed by atoms with Crippen molar-refractivity contribution in [1.29, 1.82) is 0 Å². The van der Waals surface area contributed by atoms with Crippen LogP contribution in [0.5, 0.6) is 0 Å². The second kappa shape index (κ2) is 5.95. The molecule has 0 amide bonds. The van der Waals surface area contributed by atoms with E-state index < -0.39 is 18.3 Å². The highest BCUT2D eigenvalue weighted by Crippen LogP contribution is 2.55. The number of hydrogen-bond donors (Lipinski definition) is 0. The highest BCUT2D eigenvalue weighted by Gasteiger charge is 2.52. The standard InChI is InChI=1S/C16H32S2.2ClH/c1-14-10-12-15(13-11-14)16(17(2,3,4)5)18(6,7,8)9;;/h10-13,16H,1-9H3;2*1H/q+2;;/p-2. The average Bonchev–Trinajstić information content (AvgIpc) is 2.00. The molecule has 0 unspecified atom stereocenters. The van der Waals surface area contributed by atoms with Crippen molar-refractivity contribution in [3.63, 3.8) is 0 Å². The summed E-state index contributed by atoms with van der Waals surface area (Å²) in [5, 5.41) is 0. The first kappa shape index (κ1) is 22.8. The van der Waals surface area contributed by atoms with Gasteiger partial charge in [-0.05, 0) is 19.1 Å². The molecule has 0 saturated carbocycles. The van der Waals surface area contributed by atoms with Crippen LogP contribution < -0.4 is 24.8 Å². The quantitative estimate of drug-likeness (QED) is 0.520. The maximum absolute atomic E-state index is 2.50. The Balaban J connectivity index is 0. The van der Waals surface area contributed by atoms with Crippen LogP contribution in [0.1, 0.15) is 15.7 Å². The number of rotatable bonds is 3. The van der Waals surface area contributed by atoms with E-state index in [1.807, 2.05) is 0 Å². The van der Waals surface area contributed by atoms with Crippen molar-refractivity contribution in [2.75, 3.05) is 50.0 Å². The summed E-state index contributed by atoms with van der Waals surface area (Å²) in [5.74, 6) is 0. The van der Waals surface area contributed by atoms with Crippen molar-refractivity contribution in [2.45, 2.75) is 11.5 Å². The van der Waals surface area contributed by atoms with Crippen LogP contribution in [0, 0.1) is 6.92 Å². The van der Waals surface area contributed by atoms with Gasteiger partial charge in [0, 0.05) is 55.6 Å². The predicted molar refractivity (Wildman–Crippen MR) is 96.0 cm³/mol. The number of halogens is 2. The van der Waals surface area contributed by atoms with Gasteiger partial charge in [0.2, 0.25) is 0 Å². The van der Waals surface area contributed by atoms with Gasteiger partial charge in [-0.25, -0.2) is 18.3 Å². The molecule has 1 rings (SSSR count). The van der Waals surface area contributed by atoms with E-state index in [1.165, 1.54) is 11.1 Å². The Morgan fingerprint density at radius 1 is 0.650 bits per heavy atom. The number of benzene rings is 1. The maximum Gasteiger partial charge on any atom is 0.160 e. The molecular formula is C16H32Cl2S2. The van der Waals surface area contributed by atoms with E-state index >= 15 is 0 Å². The summed E-state index contributed by atoms with van der Waals surface area (Å²) in [6.45, 7) is 2.17. The number of hydrogen-bond acceptors (Lipinski definition) is 0. The van der Waals surface area contributed by atoms with E-state index in [2.05, 4.69) is 81.2 Å². The normalized spacial score (nSPS) is 17.4. The van der Waals surface area contributed by atoms with Gasteiger partial charge in [-0.1, -0.05) is 17.7 Å². The molecule has 1 aromatic carbocycles. The van der Waals surface area contributed by atoms with Crippen LogP contribution in [-0.2, 0) is 18.3 Å². The van der Waals surface area contributed by atoms with Gasteiger partial charge in [0.05, 0.1) is 0 Å². The highest BCUT2D eigenvalue weighted by molar-refractivity contribution is 8.43. The summed E-state index contributed by atoms with van der Waals surface area (Å²) < 4.78 is 0.694. The van der Waals surface area contributed by atoms with Crippen molar-refractivity contribution in [2.24, 2.45) is 0 Å². The Morgan fingerprint density at radius 2 is 0.950 bits per heavy atom. The van der Waals surface area contributed by atoms with Crippen LogP contribution in [-0.4, -0.2) is 50.0 Å². The molecule has 20 heavy (non-hydrogen) atoms. The zero-order valence-electron chi connectivity index (χ0n) is 14.5. The first-order valence-electron chi connectivity index (χ1n) is 6.35. The fourth-order valence-electron chi connectivity index (χ4n) is 3.35. The first-order valence-corrected chi connectivity index (χ1v) is 13.8. The zero-order chi connectivity index (χ0) is 14.5. The van der Waals surface area contributed by atoms with Gasteiger partial charge >= 0.3 is 0 Å². The van der Waals surface area contributed by atoms with Gasteiger partial charge in [-0.15, -0.1) is 0 Å². The smallest absolute Gasteiger partial charge is 0.160 e. The second-order valence-electron chi connectivity index (χ2n) is 9.03. The van der Waals surface area contributed by atoms with Crippen LogP contribution in [0.25, 0.3) is 0 Å². The first-order chi connectivity index (χ1) is 7.64. The summed E-state index contributed by atoms with van der Waals surface area (Å²) in [6.07, 6.45) is 20.0. The Hall–Kier alpha value is 0.500. The van der Waals surface area contributed by atoms with Crippen molar-refractivity contribution >= 4 is 18.3 Å². The molecule has 0 aliphatic rings. The summed E-state index contributed by atoms with van der Waals surface area (Å²) in [7, 11) is -2.83. The van der Waals surface area contributed by atoms with Gasteiger partial charge in [0.1, 0.15) is 0 Å². The summed E-state index contributed by atoms with van der Waals surface area (Å²) in [5.41, 5.74) is 2.89. The molecule has 0 radical (unpaired) electrons. The van der Waals surface area contributed by atoms with Gasteiger partial charge in [-0.3, -0.25) is 0 Å². The van der Waals surface area contributed by atoms with Gasteiger partial charge < -0.3 is 24.8 Å². The molecule has 0 saturated heterocycles. The van der Waals surface area contributed by atoms with Crippen LogP contribution in [0.15, 0.2) is 24.3 Å². The molecule has 1 aromatic rings. The molecule has 0 spiro atoms. The molecule has 122 valence electrons. The third-order valence-corrected chi connectivity index (χ3v) is 11.7. The van der Waals surface area contributed by atoms with Crippen LogP contribution in [0.2, 0.25) is 0 Å². The lowest BCUT2D eigenvalue weighted by atomic mass is 10.2. The van der Waals surface area contributed by atoms with Gasteiger partial charge in [-0.2, -0.15) is 0 Å². The van der Waals surface area contributed by atoms with E-state index in [1.54, 1.807) is 0 Å². The minimum atomic E-state index is -1.42. The van der Waals surface area contributed by atoms with Crippen LogP contribution in [0.4, 0.5) is 0 Å². The minimum Gasteiger partial charge on any atom is -1.00 e. The van der Waals surface area contributed by atoms with E-state index in [9.17, 15) is 0 Å². The van der Waals surface area contributed by atoms with Crippen molar-refractivity contribution in [1.82, 2.24) is 0 Å². The Labute approximate surface area is 139 Å². The summed E-state index contributed by atoms with van der Waals surface area (Å²) in [6, 6.07) is 9.23. The second-order valence-corrected chi connectivity index (χ2v) is 23.8. The van der Waals surface area contributed by atoms with Crippen molar-refractivity contribution in [3.05, 3.63) is 35.4 Å². The van der Waals surface area contributed by atoms with Crippen molar-refractivity contribution < 1.29 is 24.8 Å². The third kappa shape index (κ3) is 6.09. The van der Waals surface area contributed by atoms with Gasteiger partial charge in [0.15, 0.2) is 4.58 Å². The molecule has 0 N–H and O–H groups in total. The van der Waals surface area contributed by atoms with E-state index in [4.69, 9.17) is 0 Å². The average molecular weight is 359 g/mol. The fourth-order valence-corrected chi connectivity index (χ4v) is 18.2. The molecule has 0 fully saturated rings. The molecule has 0 heterocycles.